The quantitative estimate of drug-likeness (QED) is 0.821. The topological polar surface area (TPSA) is 82.6 Å². The fraction of sp³-hybridized carbons (Fsp3) is 0.375. The molecule has 0 atom stereocenters. The van der Waals surface area contributed by atoms with Crippen LogP contribution in [0.15, 0.2) is 24.3 Å². The third-order valence-corrected chi connectivity index (χ3v) is 6.64. The van der Waals surface area contributed by atoms with Crippen LogP contribution in [0.3, 0.4) is 0 Å². The van der Waals surface area contributed by atoms with Gasteiger partial charge in [0.2, 0.25) is 5.91 Å². The fourth-order valence-corrected chi connectivity index (χ4v) is 4.23. The van der Waals surface area contributed by atoms with Crippen molar-refractivity contribution in [3.63, 3.8) is 0 Å². The van der Waals surface area contributed by atoms with Crippen molar-refractivity contribution in [1.29, 1.82) is 0 Å². The first kappa shape index (κ1) is 18.9. The molecule has 1 aromatic heterocycles. The number of rotatable bonds is 5. The van der Waals surface area contributed by atoms with E-state index in [4.69, 9.17) is 0 Å². The number of nitrogens with zero attached hydrogens (tertiary/aromatic N) is 3. The number of hydrogen-bond acceptors (Lipinski definition) is 5. The number of benzene rings is 1. The molecule has 0 saturated carbocycles. The first-order chi connectivity index (χ1) is 12.3. The summed E-state index contributed by atoms with van der Waals surface area (Å²) in [5.74, 6) is -0.609. The van der Waals surface area contributed by atoms with Gasteiger partial charge in [-0.15, -0.1) is 11.3 Å². The molecule has 10 heteroatoms. The molecule has 26 heavy (non-hydrogen) atoms. The maximum atomic E-state index is 13.4. The summed E-state index contributed by atoms with van der Waals surface area (Å²) in [4.78, 5) is 19.4. The molecule has 1 N–H and O–H groups in total. The number of amides is 1. The van der Waals surface area contributed by atoms with Crippen molar-refractivity contribution in [3.05, 3.63) is 40.7 Å². The van der Waals surface area contributed by atoms with Crippen molar-refractivity contribution in [1.82, 2.24) is 18.9 Å². The average Bonchev–Trinajstić information content (AvgIpc) is 3.03. The van der Waals surface area contributed by atoms with Gasteiger partial charge in [-0.1, -0.05) is 12.1 Å². The summed E-state index contributed by atoms with van der Waals surface area (Å²) >= 11 is 1.43. The number of halogens is 1. The number of carbonyl (C=O) groups is 1. The van der Waals surface area contributed by atoms with E-state index in [9.17, 15) is 17.6 Å². The molecule has 1 amide bonds. The number of aromatic nitrogens is 1. The van der Waals surface area contributed by atoms with Gasteiger partial charge in [0.25, 0.3) is 10.2 Å². The molecule has 0 bridgehead atoms. The Bertz CT molecular complexity index is 927. The third kappa shape index (κ3) is 4.09. The molecule has 0 fully saturated rings. The summed E-state index contributed by atoms with van der Waals surface area (Å²) in [6, 6.07) is 6.25. The van der Waals surface area contributed by atoms with Crippen LogP contribution in [-0.4, -0.2) is 55.7 Å². The number of fused-ring (bicyclic) bond motifs is 1. The second kappa shape index (κ2) is 7.39. The molecule has 0 unspecified atom stereocenters. The molecule has 7 nitrogen and oxygen atoms in total. The SMILES string of the molecule is CN(C)S(=O)(=O)NCC(=O)N1CCc2nc(-c3cccc(F)c3)sc2C1. The molecule has 140 valence electrons. The molecule has 0 spiro atoms. The Morgan fingerprint density at radius 3 is 2.88 bits per heavy atom. The molecular formula is C16H19FN4O3S2. The Balaban J connectivity index is 1.69. The lowest BCUT2D eigenvalue weighted by Crippen LogP contribution is -2.45. The van der Waals surface area contributed by atoms with Gasteiger partial charge in [0.05, 0.1) is 18.8 Å². The van der Waals surface area contributed by atoms with Crippen molar-refractivity contribution in [3.8, 4) is 10.6 Å². The maximum Gasteiger partial charge on any atom is 0.279 e. The molecule has 2 heterocycles. The van der Waals surface area contributed by atoms with E-state index >= 15 is 0 Å². The lowest BCUT2D eigenvalue weighted by Gasteiger charge is -2.26. The Morgan fingerprint density at radius 2 is 2.19 bits per heavy atom. The lowest BCUT2D eigenvalue weighted by molar-refractivity contribution is -0.130. The van der Waals surface area contributed by atoms with Crippen LogP contribution in [-0.2, 0) is 28.0 Å². The molecule has 1 aliphatic rings. The van der Waals surface area contributed by atoms with Crippen molar-refractivity contribution in [2.45, 2.75) is 13.0 Å². The van der Waals surface area contributed by atoms with Crippen molar-refractivity contribution in [2.75, 3.05) is 27.2 Å². The van der Waals surface area contributed by atoms with Gasteiger partial charge in [-0.25, -0.2) is 9.37 Å². The van der Waals surface area contributed by atoms with E-state index in [2.05, 4.69) is 9.71 Å². The van der Waals surface area contributed by atoms with Gasteiger partial charge < -0.3 is 4.90 Å². The normalized spacial score (nSPS) is 14.5. The summed E-state index contributed by atoms with van der Waals surface area (Å²) in [6.45, 7) is 0.568. The van der Waals surface area contributed by atoms with E-state index < -0.39 is 10.2 Å². The van der Waals surface area contributed by atoms with E-state index in [1.54, 1.807) is 17.0 Å². The zero-order chi connectivity index (χ0) is 18.9. The maximum absolute atomic E-state index is 13.4. The second-order valence-corrected chi connectivity index (χ2v) is 9.13. The Kier molecular flexibility index (Phi) is 5.37. The van der Waals surface area contributed by atoms with Crippen LogP contribution in [0.4, 0.5) is 4.39 Å². The number of carbonyl (C=O) groups excluding carboxylic acids is 1. The molecule has 0 radical (unpaired) electrons. The predicted octanol–water partition coefficient (Wildman–Crippen LogP) is 1.23. The second-order valence-electron chi connectivity index (χ2n) is 6.07. The summed E-state index contributed by atoms with van der Waals surface area (Å²) < 4.78 is 40.1. The van der Waals surface area contributed by atoms with E-state index in [-0.39, 0.29) is 18.3 Å². The number of thiazole rings is 1. The highest BCUT2D eigenvalue weighted by Crippen LogP contribution is 2.31. The highest BCUT2D eigenvalue weighted by Gasteiger charge is 2.25. The highest BCUT2D eigenvalue weighted by molar-refractivity contribution is 7.87. The van der Waals surface area contributed by atoms with Crippen LogP contribution in [0.25, 0.3) is 10.6 Å². The van der Waals surface area contributed by atoms with Crippen LogP contribution in [0.1, 0.15) is 10.6 Å². The van der Waals surface area contributed by atoms with Crippen LogP contribution in [0, 0.1) is 5.82 Å². The average molecular weight is 398 g/mol. The van der Waals surface area contributed by atoms with Crippen LogP contribution in [0.2, 0.25) is 0 Å². The van der Waals surface area contributed by atoms with Gasteiger partial charge in [-0.2, -0.15) is 17.4 Å². The minimum atomic E-state index is -3.64. The minimum Gasteiger partial charge on any atom is -0.336 e. The molecule has 1 aliphatic heterocycles. The standard InChI is InChI=1S/C16H19FN4O3S2/c1-20(2)26(23,24)18-9-15(22)21-7-6-13-14(10-21)25-16(19-13)11-4-3-5-12(17)8-11/h3-5,8,18H,6-7,9-10H2,1-2H3. The van der Waals surface area contributed by atoms with Crippen molar-refractivity contribution < 1.29 is 17.6 Å². The molecule has 0 saturated heterocycles. The molecule has 2 aromatic rings. The zero-order valence-electron chi connectivity index (χ0n) is 14.4. The molecule has 3 rings (SSSR count). The van der Waals surface area contributed by atoms with E-state index in [0.29, 0.717) is 25.1 Å². The fourth-order valence-electron chi connectivity index (χ4n) is 2.55. The van der Waals surface area contributed by atoms with Gasteiger partial charge >= 0.3 is 0 Å². The Labute approximate surface area is 155 Å². The molecule has 1 aromatic carbocycles. The summed E-state index contributed by atoms with van der Waals surface area (Å²) in [6.07, 6.45) is 0.591. The van der Waals surface area contributed by atoms with Crippen LogP contribution < -0.4 is 4.72 Å². The largest absolute Gasteiger partial charge is 0.336 e. The summed E-state index contributed by atoms with van der Waals surface area (Å²) in [5.41, 5.74) is 1.62. The lowest BCUT2D eigenvalue weighted by atomic mass is 10.1. The monoisotopic (exact) mass is 398 g/mol. The number of hydrogen-bond donors (Lipinski definition) is 1. The smallest absolute Gasteiger partial charge is 0.279 e. The van der Waals surface area contributed by atoms with Crippen LogP contribution in [0.5, 0.6) is 0 Å². The van der Waals surface area contributed by atoms with Gasteiger partial charge in [-0.05, 0) is 12.1 Å². The highest BCUT2D eigenvalue weighted by atomic mass is 32.2. The molecular weight excluding hydrogens is 379 g/mol. The first-order valence-electron chi connectivity index (χ1n) is 7.95. The van der Waals surface area contributed by atoms with E-state index in [1.165, 1.54) is 37.6 Å². The predicted molar refractivity (Wildman–Crippen MR) is 97.2 cm³/mol. The molecule has 0 aliphatic carbocycles. The Morgan fingerprint density at radius 1 is 1.42 bits per heavy atom. The van der Waals surface area contributed by atoms with Crippen molar-refractivity contribution in [2.24, 2.45) is 0 Å². The van der Waals surface area contributed by atoms with E-state index in [1.807, 2.05) is 0 Å². The Hall–Kier alpha value is -1.88. The summed E-state index contributed by atoms with van der Waals surface area (Å²) in [7, 11) is -0.850. The van der Waals surface area contributed by atoms with Crippen molar-refractivity contribution >= 4 is 27.5 Å². The first-order valence-corrected chi connectivity index (χ1v) is 10.2. The van der Waals surface area contributed by atoms with Gasteiger partial charge in [0, 0.05) is 37.5 Å². The third-order valence-electron chi connectivity index (χ3n) is 4.04. The van der Waals surface area contributed by atoms with Gasteiger partial charge in [0.15, 0.2) is 0 Å². The zero-order valence-corrected chi connectivity index (χ0v) is 16.0. The van der Waals surface area contributed by atoms with Gasteiger partial charge in [0.1, 0.15) is 10.8 Å². The number of nitrogens with one attached hydrogen (secondary N) is 1. The summed E-state index contributed by atoms with van der Waals surface area (Å²) in [5, 5.41) is 0.720. The van der Waals surface area contributed by atoms with Gasteiger partial charge in [-0.3, -0.25) is 4.79 Å². The van der Waals surface area contributed by atoms with E-state index in [0.717, 1.165) is 19.9 Å². The van der Waals surface area contributed by atoms with Crippen LogP contribution >= 0.6 is 11.3 Å². The minimum absolute atomic E-state index is 0.286.